The highest BCUT2D eigenvalue weighted by atomic mass is 35.5. The zero-order chi connectivity index (χ0) is 11.4. The van der Waals surface area contributed by atoms with Crippen LogP contribution < -0.4 is 0 Å². The molecule has 2 aromatic rings. The lowest BCUT2D eigenvalue weighted by molar-refractivity contribution is 1.32. The van der Waals surface area contributed by atoms with Gasteiger partial charge in [0.05, 0.1) is 0 Å². The van der Waals surface area contributed by atoms with E-state index in [1.807, 2.05) is 18.2 Å². The third-order valence-electron chi connectivity index (χ3n) is 2.32. The predicted molar refractivity (Wildman–Crippen MR) is 72.1 cm³/mol. The molecule has 82 valence electrons. The molecule has 1 atom stereocenters. The molecule has 0 aliphatic rings. The maximum absolute atomic E-state index is 6.36. The molecule has 0 aromatic heterocycles. The average Bonchev–Trinajstić information content (AvgIpc) is 2.31. The number of halogens is 1. The molecule has 0 spiro atoms. The molecular weight excluding hydrogens is 236 g/mol. The quantitative estimate of drug-likeness (QED) is 0.543. The van der Waals surface area contributed by atoms with Crippen molar-refractivity contribution in [2.75, 3.05) is 0 Å². The Morgan fingerprint density at radius 3 is 2.19 bits per heavy atom. The Bertz CT molecular complexity index is 436. The van der Waals surface area contributed by atoms with E-state index < -0.39 is 0 Å². The van der Waals surface area contributed by atoms with Crippen LogP contribution in [0, 0.1) is 6.92 Å². The second kappa shape index (κ2) is 5.42. The van der Waals surface area contributed by atoms with Crippen molar-refractivity contribution in [3.8, 4) is 0 Å². The van der Waals surface area contributed by atoms with Gasteiger partial charge in [-0.05, 0) is 24.6 Å². The molecule has 0 nitrogen and oxygen atoms in total. The Hall–Kier alpha value is -0.920. The van der Waals surface area contributed by atoms with Gasteiger partial charge in [-0.25, -0.2) is 0 Å². The van der Waals surface area contributed by atoms with E-state index in [9.17, 15) is 0 Å². The van der Waals surface area contributed by atoms with Crippen molar-refractivity contribution in [1.82, 2.24) is 0 Å². The number of hydrogen-bond acceptors (Lipinski definition) is 1. The Labute approximate surface area is 106 Å². The lowest BCUT2D eigenvalue weighted by Gasteiger charge is -2.09. The first-order valence-corrected chi connectivity index (χ1v) is 6.49. The lowest BCUT2D eigenvalue weighted by Crippen LogP contribution is -1.85. The van der Waals surface area contributed by atoms with Crippen molar-refractivity contribution in [3.63, 3.8) is 0 Å². The van der Waals surface area contributed by atoms with Crippen molar-refractivity contribution >= 4 is 23.4 Å². The maximum atomic E-state index is 6.36. The van der Waals surface area contributed by atoms with Crippen LogP contribution in [0.4, 0.5) is 0 Å². The van der Waals surface area contributed by atoms with Gasteiger partial charge in [0.1, 0.15) is 4.71 Å². The number of alkyl halides is 1. The highest BCUT2D eigenvalue weighted by Gasteiger charge is 2.08. The van der Waals surface area contributed by atoms with E-state index in [0.29, 0.717) is 0 Å². The molecular formula is C14H13ClS. The van der Waals surface area contributed by atoms with Crippen LogP contribution in [0.15, 0.2) is 59.5 Å². The molecule has 0 fully saturated rings. The monoisotopic (exact) mass is 248 g/mol. The van der Waals surface area contributed by atoms with Crippen molar-refractivity contribution < 1.29 is 0 Å². The minimum absolute atomic E-state index is 0.0250. The second-order valence-electron chi connectivity index (χ2n) is 3.66. The highest BCUT2D eigenvalue weighted by Crippen LogP contribution is 2.38. The van der Waals surface area contributed by atoms with Crippen LogP contribution in [0.2, 0.25) is 0 Å². The summed E-state index contributed by atoms with van der Waals surface area (Å²) < 4.78 is -0.0250. The Kier molecular flexibility index (Phi) is 3.92. The molecule has 0 heterocycles. The third kappa shape index (κ3) is 3.03. The summed E-state index contributed by atoms with van der Waals surface area (Å²) in [6, 6.07) is 18.6. The van der Waals surface area contributed by atoms with Crippen molar-refractivity contribution in [3.05, 3.63) is 65.7 Å². The Morgan fingerprint density at radius 1 is 0.938 bits per heavy atom. The summed E-state index contributed by atoms with van der Waals surface area (Å²) in [6.45, 7) is 2.08. The smallest absolute Gasteiger partial charge is 0.105 e. The van der Waals surface area contributed by atoms with Crippen LogP contribution >= 0.6 is 23.4 Å². The summed E-state index contributed by atoms with van der Waals surface area (Å²) in [7, 11) is 0. The van der Waals surface area contributed by atoms with Crippen LogP contribution in [0.3, 0.4) is 0 Å². The summed E-state index contributed by atoms with van der Waals surface area (Å²) in [5, 5.41) is 0. The molecule has 2 aromatic carbocycles. The zero-order valence-corrected chi connectivity index (χ0v) is 10.6. The second-order valence-corrected chi connectivity index (χ2v) is 5.53. The summed E-state index contributed by atoms with van der Waals surface area (Å²) >= 11 is 8.02. The first kappa shape index (κ1) is 11.6. The fourth-order valence-corrected chi connectivity index (χ4v) is 2.70. The molecule has 0 aliphatic heterocycles. The lowest BCUT2D eigenvalue weighted by atomic mass is 10.2. The molecule has 2 rings (SSSR count). The Balaban J connectivity index is 2.09. The van der Waals surface area contributed by atoms with Crippen molar-refractivity contribution in [1.29, 1.82) is 0 Å². The number of rotatable bonds is 3. The fourth-order valence-electron chi connectivity index (χ4n) is 1.40. The van der Waals surface area contributed by atoms with Crippen LogP contribution in [0.5, 0.6) is 0 Å². The van der Waals surface area contributed by atoms with E-state index >= 15 is 0 Å². The zero-order valence-electron chi connectivity index (χ0n) is 9.06. The third-order valence-corrected chi connectivity index (χ3v) is 3.86. The van der Waals surface area contributed by atoms with E-state index in [1.165, 1.54) is 10.5 Å². The number of aryl methyl sites for hydroxylation is 1. The van der Waals surface area contributed by atoms with E-state index in [2.05, 4.69) is 43.3 Å². The standard InChI is InChI=1S/C14H13ClS/c1-11-7-9-12(10-8-11)14(15)16-13-5-3-2-4-6-13/h2-10,14H,1H3. The SMILES string of the molecule is Cc1ccc(C(Cl)Sc2ccccc2)cc1. The molecule has 0 aliphatic carbocycles. The molecule has 0 saturated heterocycles. The van der Waals surface area contributed by atoms with Crippen molar-refractivity contribution in [2.24, 2.45) is 0 Å². The average molecular weight is 249 g/mol. The van der Waals surface area contributed by atoms with E-state index in [0.717, 1.165) is 5.56 Å². The van der Waals surface area contributed by atoms with Gasteiger partial charge < -0.3 is 0 Å². The largest absolute Gasteiger partial charge is 0.108 e. The summed E-state index contributed by atoms with van der Waals surface area (Å²) in [6.07, 6.45) is 0. The summed E-state index contributed by atoms with van der Waals surface area (Å²) in [4.78, 5) is 1.20. The van der Waals surface area contributed by atoms with E-state index in [-0.39, 0.29) is 4.71 Å². The number of hydrogen-bond donors (Lipinski definition) is 0. The minimum Gasteiger partial charge on any atom is -0.105 e. The van der Waals surface area contributed by atoms with Gasteiger partial charge in [-0.3, -0.25) is 0 Å². The van der Waals surface area contributed by atoms with Crippen LogP contribution in [-0.2, 0) is 0 Å². The summed E-state index contributed by atoms with van der Waals surface area (Å²) in [5.41, 5.74) is 2.42. The van der Waals surface area contributed by atoms with Crippen molar-refractivity contribution in [2.45, 2.75) is 16.5 Å². The predicted octanol–water partition coefficient (Wildman–Crippen LogP) is 5.02. The molecule has 0 N–H and O–H groups in total. The Morgan fingerprint density at radius 2 is 1.56 bits per heavy atom. The first-order chi connectivity index (χ1) is 7.75. The van der Waals surface area contributed by atoms with Gasteiger partial charge in [0, 0.05) is 4.90 Å². The maximum Gasteiger partial charge on any atom is 0.108 e. The van der Waals surface area contributed by atoms with Gasteiger partial charge in [-0.15, -0.1) is 23.4 Å². The van der Waals surface area contributed by atoms with Crippen LogP contribution in [-0.4, -0.2) is 0 Å². The number of benzene rings is 2. The topological polar surface area (TPSA) is 0 Å². The van der Waals surface area contributed by atoms with Gasteiger partial charge in [-0.2, -0.15) is 0 Å². The summed E-state index contributed by atoms with van der Waals surface area (Å²) in [5.74, 6) is 0. The van der Waals surface area contributed by atoms with Gasteiger partial charge in [0.15, 0.2) is 0 Å². The molecule has 1 unspecified atom stereocenters. The van der Waals surface area contributed by atoms with E-state index in [1.54, 1.807) is 11.8 Å². The normalized spacial score (nSPS) is 12.4. The number of thioether (sulfide) groups is 1. The molecule has 0 saturated carbocycles. The highest BCUT2D eigenvalue weighted by molar-refractivity contribution is 8.00. The van der Waals surface area contributed by atoms with Crippen LogP contribution in [0.25, 0.3) is 0 Å². The van der Waals surface area contributed by atoms with Gasteiger partial charge in [0.25, 0.3) is 0 Å². The van der Waals surface area contributed by atoms with Gasteiger partial charge in [0.2, 0.25) is 0 Å². The minimum atomic E-state index is -0.0250. The molecule has 16 heavy (non-hydrogen) atoms. The molecule has 0 radical (unpaired) electrons. The molecule has 0 bridgehead atoms. The van der Waals surface area contributed by atoms with E-state index in [4.69, 9.17) is 11.6 Å². The van der Waals surface area contributed by atoms with Crippen LogP contribution in [0.1, 0.15) is 15.8 Å². The molecule has 2 heteroatoms. The fraction of sp³-hybridized carbons (Fsp3) is 0.143. The first-order valence-electron chi connectivity index (χ1n) is 5.18. The van der Waals surface area contributed by atoms with Gasteiger partial charge in [-0.1, -0.05) is 48.0 Å². The molecule has 0 amide bonds. The van der Waals surface area contributed by atoms with Gasteiger partial charge >= 0.3 is 0 Å².